The van der Waals surface area contributed by atoms with Gasteiger partial charge in [0.25, 0.3) is 0 Å². The third-order valence-corrected chi connectivity index (χ3v) is 2.78. The number of hydrogen-bond acceptors (Lipinski definition) is 3. The number of rotatable bonds is 5. The molecule has 2 N–H and O–H groups in total. The van der Waals surface area contributed by atoms with E-state index in [4.69, 9.17) is 22.1 Å². The van der Waals surface area contributed by atoms with E-state index in [1.54, 1.807) is 7.11 Å². The molecule has 0 saturated carbocycles. The number of benzene rings is 1. The fourth-order valence-corrected chi connectivity index (χ4v) is 2.35. The van der Waals surface area contributed by atoms with Crippen molar-refractivity contribution in [2.24, 2.45) is 5.73 Å². The number of nitrogens with two attached hydrogens (primary N) is 1. The highest BCUT2D eigenvalue weighted by Gasteiger charge is 2.11. The summed E-state index contributed by atoms with van der Waals surface area (Å²) < 4.78 is 5.42. The molecule has 0 aliphatic rings. The summed E-state index contributed by atoms with van der Waals surface area (Å²) in [6.07, 6.45) is 0. The lowest BCUT2D eigenvalue weighted by Crippen LogP contribution is -2.32. The predicted molar refractivity (Wildman–Crippen MR) is 72.7 cm³/mol. The second-order valence-corrected chi connectivity index (χ2v) is 5.03. The Morgan fingerprint density at radius 1 is 1.47 bits per heavy atom. The molecule has 0 aliphatic carbocycles. The standard InChI is InChI=1S/C13H21ClN2O/c1-9-5-12(14)6-11(13(9)17-4)8-16(3)7-10(2)15/h5-6,10H,7-8,15H2,1-4H3. The van der Waals surface area contributed by atoms with Gasteiger partial charge < -0.3 is 15.4 Å². The number of aryl methyl sites for hydroxylation is 1. The molecule has 0 radical (unpaired) electrons. The molecule has 0 heterocycles. The molecule has 1 atom stereocenters. The summed E-state index contributed by atoms with van der Waals surface area (Å²) in [4.78, 5) is 2.16. The second-order valence-electron chi connectivity index (χ2n) is 4.59. The average Bonchev–Trinajstić information content (AvgIpc) is 2.15. The van der Waals surface area contributed by atoms with Crippen LogP contribution in [0.25, 0.3) is 0 Å². The van der Waals surface area contributed by atoms with Crippen LogP contribution in [0.5, 0.6) is 5.75 Å². The predicted octanol–water partition coefficient (Wildman–Crippen LogP) is 2.44. The number of nitrogens with zero attached hydrogens (tertiary/aromatic N) is 1. The molecule has 0 bridgehead atoms. The van der Waals surface area contributed by atoms with Crippen LogP contribution in [0, 0.1) is 6.92 Å². The maximum atomic E-state index is 6.07. The van der Waals surface area contributed by atoms with Gasteiger partial charge >= 0.3 is 0 Å². The molecule has 0 spiro atoms. The first kappa shape index (κ1) is 14.3. The molecule has 1 rings (SSSR count). The minimum atomic E-state index is 0.159. The van der Waals surface area contributed by atoms with Crippen LogP contribution in [0.2, 0.25) is 5.02 Å². The number of methoxy groups -OCH3 is 1. The zero-order valence-corrected chi connectivity index (χ0v) is 11.7. The zero-order chi connectivity index (χ0) is 13.0. The highest BCUT2D eigenvalue weighted by Crippen LogP contribution is 2.28. The Kier molecular flexibility index (Phi) is 5.25. The largest absolute Gasteiger partial charge is 0.496 e. The summed E-state index contributed by atoms with van der Waals surface area (Å²) in [5.74, 6) is 0.908. The summed E-state index contributed by atoms with van der Waals surface area (Å²) in [5.41, 5.74) is 7.94. The van der Waals surface area contributed by atoms with E-state index in [0.717, 1.165) is 35.0 Å². The number of ether oxygens (including phenoxy) is 1. The molecule has 1 aromatic rings. The van der Waals surface area contributed by atoms with Crippen LogP contribution in [0.4, 0.5) is 0 Å². The van der Waals surface area contributed by atoms with Gasteiger partial charge in [0.2, 0.25) is 0 Å². The summed E-state index contributed by atoms with van der Waals surface area (Å²) >= 11 is 6.07. The summed E-state index contributed by atoms with van der Waals surface area (Å²) in [7, 11) is 3.73. The SMILES string of the molecule is COc1c(C)cc(Cl)cc1CN(C)CC(C)N. The Balaban J connectivity index is 2.89. The fourth-order valence-electron chi connectivity index (χ4n) is 2.06. The first-order valence-corrected chi connectivity index (χ1v) is 6.09. The zero-order valence-electron chi connectivity index (χ0n) is 11.0. The van der Waals surface area contributed by atoms with Gasteiger partial charge in [-0.1, -0.05) is 11.6 Å². The van der Waals surface area contributed by atoms with Crippen LogP contribution in [-0.4, -0.2) is 31.6 Å². The average molecular weight is 257 g/mol. The van der Waals surface area contributed by atoms with Crippen LogP contribution in [0.1, 0.15) is 18.1 Å². The molecule has 0 amide bonds. The monoisotopic (exact) mass is 256 g/mol. The minimum Gasteiger partial charge on any atom is -0.496 e. The van der Waals surface area contributed by atoms with Crippen molar-refractivity contribution < 1.29 is 4.74 Å². The third-order valence-electron chi connectivity index (χ3n) is 2.56. The van der Waals surface area contributed by atoms with Crippen molar-refractivity contribution in [2.75, 3.05) is 20.7 Å². The first-order valence-electron chi connectivity index (χ1n) is 5.71. The van der Waals surface area contributed by atoms with Crippen LogP contribution in [0.3, 0.4) is 0 Å². The van der Waals surface area contributed by atoms with E-state index in [1.165, 1.54) is 0 Å². The summed E-state index contributed by atoms with van der Waals surface area (Å²) in [5, 5.41) is 0.743. The molecule has 0 aromatic heterocycles. The van der Waals surface area contributed by atoms with Crippen molar-refractivity contribution in [3.05, 3.63) is 28.3 Å². The Morgan fingerprint density at radius 2 is 2.12 bits per heavy atom. The van der Waals surface area contributed by atoms with Gasteiger partial charge in [0.05, 0.1) is 7.11 Å². The molecule has 96 valence electrons. The van der Waals surface area contributed by atoms with Crippen molar-refractivity contribution in [3.8, 4) is 5.75 Å². The lowest BCUT2D eigenvalue weighted by Gasteiger charge is -2.21. The van der Waals surface area contributed by atoms with Crippen molar-refractivity contribution >= 4 is 11.6 Å². The van der Waals surface area contributed by atoms with E-state index in [0.29, 0.717) is 0 Å². The molecule has 0 aliphatic heterocycles. The van der Waals surface area contributed by atoms with Gasteiger partial charge in [0.15, 0.2) is 0 Å². The Bertz CT molecular complexity index is 380. The van der Waals surface area contributed by atoms with Gasteiger partial charge in [-0.15, -0.1) is 0 Å². The van der Waals surface area contributed by atoms with Crippen LogP contribution in [0.15, 0.2) is 12.1 Å². The highest BCUT2D eigenvalue weighted by atomic mass is 35.5. The smallest absolute Gasteiger partial charge is 0.126 e. The number of likely N-dealkylation sites (N-methyl/N-ethyl adjacent to an activating group) is 1. The van der Waals surface area contributed by atoms with Crippen molar-refractivity contribution in [3.63, 3.8) is 0 Å². The Hall–Kier alpha value is -0.770. The number of hydrogen-bond donors (Lipinski definition) is 1. The molecule has 3 nitrogen and oxygen atoms in total. The van der Waals surface area contributed by atoms with E-state index in [9.17, 15) is 0 Å². The van der Waals surface area contributed by atoms with Gasteiger partial charge in [-0.3, -0.25) is 0 Å². The molecule has 17 heavy (non-hydrogen) atoms. The maximum Gasteiger partial charge on any atom is 0.126 e. The van der Waals surface area contributed by atoms with Crippen LogP contribution < -0.4 is 10.5 Å². The summed E-state index contributed by atoms with van der Waals surface area (Å²) in [6.45, 7) is 5.62. The fraction of sp³-hybridized carbons (Fsp3) is 0.538. The minimum absolute atomic E-state index is 0.159. The quantitative estimate of drug-likeness (QED) is 0.880. The van der Waals surface area contributed by atoms with Gasteiger partial charge in [-0.2, -0.15) is 0 Å². The van der Waals surface area contributed by atoms with Crippen molar-refractivity contribution in [2.45, 2.75) is 26.4 Å². The topological polar surface area (TPSA) is 38.5 Å². The molecule has 1 unspecified atom stereocenters. The van der Waals surface area contributed by atoms with Crippen LogP contribution >= 0.6 is 11.6 Å². The molecule has 1 aromatic carbocycles. The van der Waals surface area contributed by atoms with Gasteiger partial charge in [-0.25, -0.2) is 0 Å². The third kappa shape index (κ3) is 4.19. The number of halogens is 1. The molecule has 4 heteroatoms. The normalized spacial score (nSPS) is 12.9. The van der Waals surface area contributed by atoms with Gasteiger partial charge in [0, 0.05) is 29.7 Å². The summed E-state index contributed by atoms with van der Waals surface area (Å²) in [6, 6.07) is 4.02. The van der Waals surface area contributed by atoms with Crippen LogP contribution in [-0.2, 0) is 6.54 Å². The van der Waals surface area contributed by atoms with Gasteiger partial charge in [-0.05, 0) is 38.6 Å². The van der Waals surface area contributed by atoms with E-state index >= 15 is 0 Å². The molecular weight excluding hydrogens is 236 g/mol. The first-order chi connectivity index (χ1) is 7.93. The van der Waals surface area contributed by atoms with E-state index in [1.807, 2.05) is 33.0 Å². The Morgan fingerprint density at radius 3 is 2.65 bits per heavy atom. The Labute approximate surface area is 109 Å². The lowest BCUT2D eigenvalue weighted by molar-refractivity contribution is 0.302. The maximum absolute atomic E-state index is 6.07. The highest BCUT2D eigenvalue weighted by molar-refractivity contribution is 6.30. The van der Waals surface area contributed by atoms with E-state index in [-0.39, 0.29) is 6.04 Å². The molecule has 0 fully saturated rings. The lowest BCUT2D eigenvalue weighted by atomic mass is 10.1. The van der Waals surface area contributed by atoms with Crippen molar-refractivity contribution in [1.29, 1.82) is 0 Å². The van der Waals surface area contributed by atoms with Gasteiger partial charge in [0.1, 0.15) is 5.75 Å². The van der Waals surface area contributed by atoms with E-state index < -0.39 is 0 Å². The second kappa shape index (κ2) is 6.24. The van der Waals surface area contributed by atoms with Crippen molar-refractivity contribution in [1.82, 2.24) is 4.90 Å². The molecule has 0 saturated heterocycles. The van der Waals surface area contributed by atoms with E-state index in [2.05, 4.69) is 4.90 Å². The molecular formula is C13H21ClN2O.